The molecule has 3 heterocycles. The minimum Gasteiger partial charge on any atom is -0.380 e. The number of aromatic nitrogens is 2. The fourth-order valence-corrected chi connectivity index (χ4v) is 4.41. The summed E-state index contributed by atoms with van der Waals surface area (Å²) in [6.07, 6.45) is 7.96. The molecule has 0 bridgehead atoms. The van der Waals surface area contributed by atoms with E-state index in [2.05, 4.69) is 14.7 Å². The first-order valence-corrected chi connectivity index (χ1v) is 9.89. The molecule has 132 valence electrons. The average Bonchev–Trinajstić information content (AvgIpc) is 2.57. The summed E-state index contributed by atoms with van der Waals surface area (Å²) >= 11 is 0. The summed E-state index contributed by atoms with van der Waals surface area (Å²) in [6.45, 7) is 2.17. The van der Waals surface area contributed by atoms with Gasteiger partial charge in [0, 0.05) is 32.1 Å². The highest BCUT2D eigenvalue weighted by atomic mass is 32.2. The molecule has 9 heteroatoms. The molecule has 1 aromatic heterocycles. The van der Waals surface area contributed by atoms with E-state index in [-0.39, 0.29) is 17.4 Å². The molecule has 3 rings (SSSR count). The Morgan fingerprint density at radius 1 is 1.33 bits per heavy atom. The minimum atomic E-state index is -3.30. The Balaban J connectivity index is 1.69. The Labute approximate surface area is 141 Å². The van der Waals surface area contributed by atoms with Gasteiger partial charge in [-0.2, -0.15) is 0 Å². The lowest BCUT2D eigenvalue weighted by atomic mass is 9.69. The van der Waals surface area contributed by atoms with Gasteiger partial charge in [0.05, 0.1) is 25.1 Å². The van der Waals surface area contributed by atoms with E-state index < -0.39 is 10.0 Å². The number of nitrogens with one attached hydrogen (secondary N) is 1. The van der Waals surface area contributed by atoms with Crippen LogP contribution in [0.15, 0.2) is 18.6 Å². The van der Waals surface area contributed by atoms with Gasteiger partial charge in [0.1, 0.15) is 5.69 Å². The molecular weight excluding hydrogens is 332 g/mol. The van der Waals surface area contributed by atoms with Crippen molar-refractivity contribution in [3.63, 3.8) is 0 Å². The molecule has 2 saturated heterocycles. The zero-order valence-corrected chi connectivity index (χ0v) is 14.5. The highest BCUT2D eigenvalue weighted by molar-refractivity contribution is 7.88. The molecule has 2 aliphatic heterocycles. The van der Waals surface area contributed by atoms with Crippen molar-refractivity contribution in [2.45, 2.75) is 25.3 Å². The number of ether oxygens (including phenoxy) is 1. The van der Waals surface area contributed by atoms with Gasteiger partial charge in [-0.05, 0) is 24.7 Å². The normalized spacial score (nSPS) is 24.0. The number of piperidine rings is 1. The summed E-state index contributed by atoms with van der Waals surface area (Å²) in [7, 11) is -3.30. The Bertz CT molecular complexity index is 687. The van der Waals surface area contributed by atoms with Crippen molar-refractivity contribution in [3.05, 3.63) is 24.3 Å². The van der Waals surface area contributed by atoms with Crippen LogP contribution in [-0.4, -0.2) is 67.8 Å². The maximum Gasteiger partial charge on any atom is 0.274 e. The van der Waals surface area contributed by atoms with Crippen LogP contribution in [-0.2, 0) is 14.8 Å². The molecule has 0 radical (unpaired) electrons. The van der Waals surface area contributed by atoms with Gasteiger partial charge in [-0.25, -0.2) is 18.1 Å². The van der Waals surface area contributed by atoms with Gasteiger partial charge in [-0.3, -0.25) is 9.78 Å². The lowest BCUT2D eigenvalue weighted by Crippen LogP contribution is -2.57. The molecule has 8 nitrogen and oxygen atoms in total. The first-order chi connectivity index (χ1) is 11.4. The summed E-state index contributed by atoms with van der Waals surface area (Å²) < 4.78 is 31.5. The van der Waals surface area contributed by atoms with Gasteiger partial charge in [0.25, 0.3) is 5.91 Å². The fourth-order valence-electron chi connectivity index (χ4n) is 3.57. The molecule has 0 aromatic carbocycles. The predicted octanol–water partition coefficient (Wildman–Crippen LogP) is 0.0371. The van der Waals surface area contributed by atoms with E-state index in [4.69, 9.17) is 4.74 Å². The van der Waals surface area contributed by atoms with E-state index in [0.29, 0.717) is 32.0 Å². The Kier molecular flexibility index (Phi) is 4.84. The van der Waals surface area contributed by atoms with Crippen LogP contribution >= 0.6 is 0 Å². The van der Waals surface area contributed by atoms with Crippen molar-refractivity contribution in [2.75, 3.05) is 32.6 Å². The molecule has 0 aliphatic carbocycles. The van der Waals surface area contributed by atoms with Crippen LogP contribution in [0.4, 0.5) is 0 Å². The van der Waals surface area contributed by atoms with Crippen LogP contribution in [0.3, 0.4) is 0 Å². The third-order valence-corrected chi connectivity index (χ3v) is 5.67. The number of amides is 1. The molecular formula is C15H22N4O4S. The van der Waals surface area contributed by atoms with Crippen molar-refractivity contribution in [1.82, 2.24) is 19.6 Å². The predicted molar refractivity (Wildman–Crippen MR) is 86.8 cm³/mol. The molecule has 1 amide bonds. The van der Waals surface area contributed by atoms with E-state index in [9.17, 15) is 13.2 Å². The SMILES string of the molecule is CS(=O)(=O)N[C@H]1COCCC12CCN(C(=O)c1cnccn1)CC2. The van der Waals surface area contributed by atoms with Gasteiger partial charge < -0.3 is 9.64 Å². The van der Waals surface area contributed by atoms with Gasteiger partial charge in [0.2, 0.25) is 10.0 Å². The average molecular weight is 354 g/mol. The van der Waals surface area contributed by atoms with E-state index in [1.807, 2.05) is 0 Å². The molecule has 1 atom stereocenters. The van der Waals surface area contributed by atoms with Gasteiger partial charge in [0.15, 0.2) is 0 Å². The molecule has 1 N–H and O–H groups in total. The second-order valence-electron chi connectivity index (χ2n) is 6.51. The smallest absolute Gasteiger partial charge is 0.274 e. The number of carbonyl (C=O) groups excluding carboxylic acids is 1. The standard InChI is InChI=1S/C15H22N4O4S/c1-24(21,22)18-13-11-23-9-4-15(13)2-7-19(8-3-15)14(20)12-10-16-5-6-17-12/h5-6,10,13,18H,2-4,7-9,11H2,1H3/t13-/m0/s1. The van der Waals surface area contributed by atoms with Gasteiger partial charge >= 0.3 is 0 Å². The van der Waals surface area contributed by atoms with E-state index >= 15 is 0 Å². The van der Waals surface area contributed by atoms with Crippen LogP contribution in [0.2, 0.25) is 0 Å². The lowest BCUT2D eigenvalue weighted by Gasteiger charge is -2.48. The third-order valence-electron chi connectivity index (χ3n) is 4.95. The first-order valence-electron chi connectivity index (χ1n) is 8.00. The summed E-state index contributed by atoms with van der Waals surface area (Å²) in [5.41, 5.74) is 0.187. The molecule has 24 heavy (non-hydrogen) atoms. The fraction of sp³-hybridized carbons (Fsp3) is 0.667. The quantitative estimate of drug-likeness (QED) is 0.822. The molecule has 1 spiro atoms. The van der Waals surface area contributed by atoms with E-state index in [1.54, 1.807) is 4.90 Å². The number of hydrogen-bond acceptors (Lipinski definition) is 6. The topological polar surface area (TPSA) is 101 Å². The van der Waals surface area contributed by atoms with Gasteiger partial charge in [-0.1, -0.05) is 0 Å². The number of hydrogen-bond donors (Lipinski definition) is 1. The van der Waals surface area contributed by atoms with E-state index in [1.165, 1.54) is 24.8 Å². The number of nitrogens with zero attached hydrogens (tertiary/aromatic N) is 3. The van der Waals surface area contributed by atoms with Crippen molar-refractivity contribution >= 4 is 15.9 Å². The third kappa shape index (κ3) is 3.73. The minimum absolute atomic E-state index is 0.127. The number of rotatable bonds is 3. The summed E-state index contributed by atoms with van der Waals surface area (Å²) in [5.74, 6) is -0.127. The summed E-state index contributed by atoms with van der Waals surface area (Å²) in [4.78, 5) is 22.2. The van der Waals surface area contributed by atoms with Crippen LogP contribution in [0.1, 0.15) is 29.8 Å². The maximum absolute atomic E-state index is 12.5. The highest BCUT2D eigenvalue weighted by Gasteiger charge is 2.45. The van der Waals surface area contributed by atoms with Gasteiger partial charge in [-0.15, -0.1) is 0 Å². The van der Waals surface area contributed by atoms with Crippen molar-refractivity contribution in [2.24, 2.45) is 5.41 Å². The first kappa shape index (κ1) is 17.2. The van der Waals surface area contributed by atoms with Crippen LogP contribution in [0.25, 0.3) is 0 Å². The van der Waals surface area contributed by atoms with Crippen LogP contribution < -0.4 is 4.72 Å². The zero-order valence-electron chi connectivity index (χ0n) is 13.6. The number of likely N-dealkylation sites (tertiary alicyclic amines) is 1. The Morgan fingerprint density at radius 3 is 2.71 bits per heavy atom. The Hall–Kier alpha value is -1.58. The molecule has 1 aromatic rings. The second kappa shape index (κ2) is 6.73. The van der Waals surface area contributed by atoms with Crippen molar-refractivity contribution in [1.29, 1.82) is 0 Å². The largest absolute Gasteiger partial charge is 0.380 e. The van der Waals surface area contributed by atoms with Crippen LogP contribution in [0, 0.1) is 5.41 Å². The zero-order chi connectivity index (χ0) is 17.2. The molecule has 0 unspecified atom stereocenters. The Morgan fingerprint density at radius 2 is 2.08 bits per heavy atom. The van der Waals surface area contributed by atoms with E-state index in [0.717, 1.165) is 19.3 Å². The summed E-state index contributed by atoms with van der Waals surface area (Å²) in [6, 6.07) is -0.241. The molecule has 2 aliphatic rings. The lowest BCUT2D eigenvalue weighted by molar-refractivity contribution is -0.0401. The molecule has 2 fully saturated rings. The van der Waals surface area contributed by atoms with Crippen molar-refractivity contribution < 1.29 is 17.9 Å². The maximum atomic E-state index is 12.5. The highest BCUT2D eigenvalue weighted by Crippen LogP contribution is 2.41. The number of carbonyl (C=O) groups is 1. The monoisotopic (exact) mass is 354 g/mol. The number of sulfonamides is 1. The second-order valence-corrected chi connectivity index (χ2v) is 8.29. The molecule has 0 saturated carbocycles. The van der Waals surface area contributed by atoms with Crippen molar-refractivity contribution in [3.8, 4) is 0 Å². The summed E-state index contributed by atoms with van der Waals surface area (Å²) in [5, 5.41) is 0. The van der Waals surface area contributed by atoms with Crippen LogP contribution in [0.5, 0.6) is 0 Å².